The van der Waals surface area contributed by atoms with Gasteiger partial charge in [-0.05, 0) is 24.1 Å². The Bertz CT molecular complexity index is 459. The van der Waals surface area contributed by atoms with E-state index in [1.54, 1.807) is 0 Å². The number of benzene rings is 1. The van der Waals surface area contributed by atoms with Crippen LogP contribution in [0.2, 0.25) is 0 Å². The molecule has 1 N–H and O–H groups in total. The second-order valence-electron chi connectivity index (χ2n) is 4.12. The third kappa shape index (κ3) is 2.97. The Hall–Kier alpha value is -2.02. The zero-order chi connectivity index (χ0) is 12.1. The maximum Gasteiger partial charge on any atom is 0.193 e. The maximum absolute atomic E-state index is 8.80. The third-order valence-corrected chi connectivity index (χ3v) is 2.81. The zero-order valence-corrected chi connectivity index (χ0v) is 9.98. The highest BCUT2D eigenvalue weighted by atomic mass is 15.3. The number of likely N-dealkylation sites (N-methyl/N-ethyl adjacent to an activating group) is 1. The van der Waals surface area contributed by atoms with Crippen LogP contribution in [0.1, 0.15) is 11.1 Å². The van der Waals surface area contributed by atoms with E-state index in [0.29, 0.717) is 0 Å². The van der Waals surface area contributed by atoms with E-state index in [2.05, 4.69) is 21.3 Å². The summed E-state index contributed by atoms with van der Waals surface area (Å²) in [7, 11) is 2.04. The number of hydrogen-bond acceptors (Lipinski definition) is 4. The number of hydrogen-bond donors (Lipinski definition) is 1. The number of aliphatic imine (C=N–C) groups is 1. The summed E-state index contributed by atoms with van der Waals surface area (Å²) in [4.78, 5) is 6.48. The van der Waals surface area contributed by atoms with Gasteiger partial charge >= 0.3 is 0 Å². The van der Waals surface area contributed by atoms with Crippen molar-refractivity contribution in [2.75, 3.05) is 26.7 Å². The number of nitrogens with one attached hydrogen (secondary N) is 1. The molecular weight excluding hydrogens is 212 g/mol. The molecule has 1 aliphatic heterocycles. The van der Waals surface area contributed by atoms with Crippen LogP contribution < -0.4 is 5.32 Å². The van der Waals surface area contributed by atoms with Crippen molar-refractivity contribution in [3.8, 4) is 6.07 Å². The minimum atomic E-state index is 0.720. The van der Waals surface area contributed by atoms with Gasteiger partial charge in [-0.3, -0.25) is 4.99 Å². The van der Waals surface area contributed by atoms with Crippen molar-refractivity contribution in [2.24, 2.45) is 4.99 Å². The largest absolute Gasteiger partial charge is 0.356 e. The molecule has 1 heterocycles. The van der Waals surface area contributed by atoms with Crippen molar-refractivity contribution in [3.05, 3.63) is 35.4 Å². The predicted octanol–water partition coefficient (Wildman–Crippen LogP) is 0.992. The Morgan fingerprint density at radius 3 is 3.12 bits per heavy atom. The highest BCUT2D eigenvalue weighted by molar-refractivity contribution is 5.81. The molecule has 0 bridgehead atoms. The normalized spacial score (nSPS) is 14.4. The highest BCUT2D eigenvalue weighted by Crippen LogP contribution is 2.04. The third-order valence-electron chi connectivity index (χ3n) is 2.81. The first-order valence-electron chi connectivity index (χ1n) is 5.78. The molecule has 88 valence electrons. The summed E-state index contributed by atoms with van der Waals surface area (Å²) < 4.78 is 0. The number of rotatable bonds is 3. The van der Waals surface area contributed by atoms with E-state index in [1.807, 2.05) is 31.3 Å². The predicted molar refractivity (Wildman–Crippen MR) is 67.8 cm³/mol. The van der Waals surface area contributed by atoms with E-state index in [0.717, 1.165) is 37.6 Å². The lowest BCUT2D eigenvalue weighted by atomic mass is 10.1. The van der Waals surface area contributed by atoms with Crippen LogP contribution in [0.15, 0.2) is 29.3 Å². The van der Waals surface area contributed by atoms with Crippen molar-refractivity contribution in [3.63, 3.8) is 0 Å². The molecular formula is C13H16N4. The Labute approximate surface area is 102 Å². The fourth-order valence-electron chi connectivity index (χ4n) is 1.84. The van der Waals surface area contributed by atoms with E-state index in [-0.39, 0.29) is 0 Å². The van der Waals surface area contributed by atoms with Gasteiger partial charge in [-0.25, -0.2) is 0 Å². The van der Waals surface area contributed by atoms with Crippen LogP contribution >= 0.6 is 0 Å². The van der Waals surface area contributed by atoms with Crippen molar-refractivity contribution in [1.82, 2.24) is 10.2 Å². The summed E-state index contributed by atoms with van der Waals surface area (Å²) in [5.41, 5.74) is 1.90. The monoisotopic (exact) mass is 228 g/mol. The van der Waals surface area contributed by atoms with Gasteiger partial charge in [0.1, 0.15) is 0 Å². The molecule has 0 amide bonds. The van der Waals surface area contributed by atoms with Crippen LogP contribution in [-0.4, -0.2) is 37.5 Å². The first kappa shape index (κ1) is 11.5. The summed E-state index contributed by atoms with van der Waals surface area (Å²) in [5.74, 6) is 0.974. The van der Waals surface area contributed by atoms with E-state index in [1.165, 1.54) is 5.56 Å². The maximum atomic E-state index is 8.80. The van der Waals surface area contributed by atoms with Gasteiger partial charge in [0.15, 0.2) is 5.96 Å². The molecule has 0 saturated carbocycles. The second-order valence-corrected chi connectivity index (χ2v) is 4.12. The van der Waals surface area contributed by atoms with Gasteiger partial charge in [0.25, 0.3) is 0 Å². The van der Waals surface area contributed by atoms with Gasteiger partial charge in [0.05, 0.1) is 18.2 Å². The molecule has 17 heavy (non-hydrogen) atoms. The lowest BCUT2D eigenvalue weighted by Gasteiger charge is -2.15. The fourth-order valence-corrected chi connectivity index (χ4v) is 1.84. The average Bonchev–Trinajstić information content (AvgIpc) is 2.76. The number of nitriles is 1. The Morgan fingerprint density at radius 1 is 1.53 bits per heavy atom. The molecule has 0 saturated heterocycles. The molecule has 0 spiro atoms. The van der Waals surface area contributed by atoms with E-state index >= 15 is 0 Å². The van der Waals surface area contributed by atoms with Crippen LogP contribution in [0, 0.1) is 11.3 Å². The molecule has 1 aromatic rings. The fraction of sp³-hybridized carbons (Fsp3) is 0.385. The summed E-state index contributed by atoms with van der Waals surface area (Å²) in [5, 5.41) is 12.1. The van der Waals surface area contributed by atoms with Gasteiger partial charge in [0.2, 0.25) is 0 Å². The number of guanidine groups is 1. The summed E-state index contributed by atoms with van der Waals surface area (Å²) >= 11 is 0. The Kier molecular flexibility index (Phi) is 3.61. The molecule has 0 radical (unpaired) electrons. The van der Waals surface area contributed by atoms with Crippen molar-refractivity contribution < 1.29 is 0 Å². The topological polar surface area (TPSA) is 51.4 Å². The molecule has 0 fully saturated rings. The van der Waals surface area contributed by atoms with Crippen molar-refractivity contribution in [1.29, 1.82) is 5.26 Å². The lowest BCUT2D eigenvalue weighted by molar-refractivity contribution is 0.534. The van der Waals surface area contributed by atoms with E-state index in [9.17, 15) is 0 Å². The minimum Gasteiger partial charge on any atom is -0.356 e. The molecule has 4 heteroatoms. The summed E-state index contributed by atoms with van der Waals surface area (Å²) in [6.07, 6.45) is 0.905. The SMILES string of the molecule is CN1CCN=C1NCCc1cccc(C#N)c1. The Balaban J connectivity index is 1.84. The summed E-state index contributed by atoms with van der Waals surface area (Å²) in [6, 6.07) is 9.88. The smallest absolute Gasteiger partial charge is 0.193 e. The molecule has 0 atom stereocenters. The average molecular weight is 228 g/mol. The molecule has 1 aliphatic rings. The first-order valence-corrected chi connectivity index (χ1v) is 5.78. The van der Waals surface area contributed by atoms with Crippen molar-refractivity contribution >= 4 is 5.96 Å². The zero-order valence-electron chi connectivity index (χ0n) is 9.98. The molecule has 1 aromatic carbocycles. The molecule has 2 rings (SSSR count). The van der Waals surface area contributed by atoms with Crippen LogP contribution in [0.3, 0.4) is 0 Å². The van der Waals surface area contributed by atoms with Crippen molar-refractivity contribution in [2.45, 2.75) is 6.42 Å². The van der Waals surface area contributed by atoms with Gasteiger partial charge < -0.3 is 10.2 Å². The first-order chi connectivity index (χ1) is 8.29. The van der Waals surface area contributed by atoms with Gasteiger partial charge in [0, 0.05) is 20.1 Å². The minimum absolute atomic E-state index is 0.720. The molecule has 0 aromatic heterocycles. The van der Waals surface area contributed by atoms with E-state index in [4.69, 9.17) is 5.26 Å². The van der Waals surface area contributed by atoms with E-state index < -0.39 is 0 Å². The van der Waals surface area contributed by atoms with Crippen LogP contribution in [0.25, 0.3) is 0 Å². The molecule has 4 nitrogen and oxygen atoms in total. The van der Waals surface area contributed by atoms with Crippen LogP contribution in [0.4, 0.5) is 0 Å². The number of nitrogens with zero attached hydrogens (tertiary/aromatic N) is 3. The lowest BCUT2D eigenvalue weighted by Crippen LogP contribution is -2.36. The van der Waals surface area contributed by atoms with Gasteiger partial charge in [-0.1, -0.05) is 12.1 Å². The second kappa shape index (κ2) is 5.35. The Morgan fingerprint density at radius 2 is 2.41 bits per heavy atom. The quantitative estimate of drug-likeness (QED) is 0.839. The van der Waals surface area contributed by atoms with Gasteiger partial charge in [-0.15, -0.1) is 0 Å². The summed E-state index contributed by atoms with van der Waals surface area (Å²) in [6.45, 7) is 2.72. The van der Waals surface area contributed by atoms with Gasteiger partial charge in [-0.2, -0.15) is 5.26 Å². The van der Waals surface area contributed by atoms with Crippen LogP contribution in [-0.2, 0) is 6.42 Å². The molecule has 0 unspecified atom stereocenters. The standard InChI is InChI=1S/C13H16N4/c1-17-8-7-16-13(17)15-6-5-11-3-2-4-12(9-11)10-14/h2-4,9H,5-8H2,1H3,(H,15,16). The molecule has 0 aliphatic carbocycles. The highest BCUT2D eigenvalue weighted by Gasteiger charge is 2.10. The van der Waals surface area contributed by atoms with Crippen LogP contribution in [0.5, 0.6) is 0 Å².